The van der Waals surface area contributed by atoms with E-state index in [0.717, 1.165) is 21.2 Å². The number of carbonyl (C=O) groups excluding carboxylic acids is 2. The van der Waals surface area contributed by atoms with Gasteiger partial charge in [-0.2, -0.15) is 0 Å². The summed E-state index contributed by atoms with van der Waals surface area (Å²) in [6.45, 7) is 0. The first-order valence-corrected chi connectivity index (χ1v) is 10.6. The van der Waals surface area contributed by atoms with E-state index in [-0.39, 0.29) is 11.7 Å². The zero-order valence-electron chi connectivity index (χ0n) is 16.1. The number of carbonyl (C=O) groups is 2. The summed E-state index contributed by atoms with van der Waals surface area (Å²) in [6.07, 6.45) is 0.389. The van der Waals surface area contributed by atoms with Crippen molar-refractivity contribution in [3.63, 3.8) is 0 Å². The number of nitrogens with one attached hydrogen (secondary N) is 2. The lowest BCUT2D eigenvalue weighted by molar-refractivity contribution is -0.122. The summed E-state index contributed by atoms with van der Waals surface area (Å²) in [4.78, 5) is 25.2. The lowest BCUT2D eigenvalue weighted by atomic mass is 10.0. The second-order valence-electron chi connectivity index (χ2n) is 6.77. The van der Waals surface area contributed by atoms with E-state index in [4.69, 9.17) is 16.0 Å². The second-order valence-corrected chi connectivity index (χ2v) is 8.12. The first kappa shape index (κ1) is 20.2. The molecule has 2 N–H and O–H groups in total. The highest BCUT2D eigenvalue weighted by atomic mass is 35.5. The largest absolute Gasteiger partial charge is 0.451 e. The van der Waals surface area contributed by atoms with E-state index in [9.17, 15) is 9.59 Å². The number of fused-ring (bicyclic) bond motifs is 1. The average Bonchev–Trinajstić information content (AvgIpc) is 3.41. The molecular formula is C23H19ClN2O3S. The summed E-state index contributed by atoms with van der Waals surface area (Å²) >= 11 is 7.54. The van der Waals surface area contributed by atoms with Crippen LogP contribution in [0.2, 0.25) is 5.02 Å². The Hall–Kier alpha value is -3.09. The maximum atomic E-state index is 12.8. The van der Waals surface area contributed by atoms with Crippen molar-refractivity contribution in [1.29, 1.82) is 0 Å². The van der Waals surface area contributed by atoms with Crippen LogP contribution in [-0.4, -0.2) is 24.9 Å². The van der Waals surface area contributed by atoms with Crippen molar-refractivity contribution in [1.82, 2.24) is 10.6 Å². The molecule has 152 valence electrons. The predicted molar refractivity (Wildman–Crippen MR) is 120 cm³/mol. The second kappa shape index (κ2) is 8.73. The molecular weight excluding hydrogens is 420 g/mol. The Balaban J connectivity index is 1.53. The van der Waals surface area contributed by atoms with E-state index in [1.165, 1.54) is 0 Å². The third kappa shape index (κ3) is 4.25. The van der Waals surface area contributed by atoms with E-state index >= 15 is 0 Å². The molecule has 0 bridgehead atoms. The first-order chi connectivity index (χ1) is 14.5. The van der Waals surface area contributed by atoms with Crippen LogP contribution >= 0.6 is 22.9 Å². The molecule has 4 aromatic rings. The molecule has 4 rings (SSSR count). The Morgan fingerprint density at radius 2 is 1.83 bits per heavy atom. The van der Waals surface area contributed by atoms with Gasteiger partial charge in [0.05, 0.1) is 0 Å². The highest BCUT2D eigenvalue weighted by molar-refractivity contribution is 7.17. The Bertz CT molecular complexity index is 1200. The molecule has 0 aliphatic heterocycles. The lowest BCUT2D eigenvalue weighted by Gasteiger charge is -2.16. The zero-order valence-corrected chi connectivity index (χ0v) is 17.7. The third-order valence-corrected chi connectivity index (χ3v) is 6.08. The van der Waals surface area contributed by atoms with Gasteiger partial charge in [0, 0.05) is 28.8 Å². The number of rotatable bonds is 6. The smallest absolute Gasteiger partial charge is 0.287 e. The van der Waals surface area contributed by atoms with Gasteiger partial charge in [-0.3, -0.25) is 9.59 Å². The van der Waals surface area contributed by atoms with Crippen LogP contribution in [0.5, 0.6) is 0 Å². The first-order valence-electron chi connectivity index (χ1n) is 9.38. The molecule has 5 nitrogen and oxygen atoms in total. The number of hydrogen-bond donors (Lipinski definition) is 2. The third-order valence-electron chi connectivity index (χ3n) is 4.81. The number of likely N-dealkylation sites (N-methyl/N-ethyl adjacent to an activating group) is 1. The zero-order chi connectivity index (χ0) is 21.1. The van der Waals surface area contributed by atoms with Crippen LogP contribution in [0.15, 0.2) is 70.5 Å². The molecule has 0 aliphatic carbocycles. The topological polar surface area (TPSA) is 71.3 Å². The van der Waals surface area contributed by atoms with Crippen molar-refractivity contribution in [3.05, 3.63) is 82.4 Å². The van der Waals surface area contributed by atoms with E-state index < -0.39 is 11.9 Å². The minimum Gasteiger partial charge on any atom is -0.451 e. The fourth-order valence-electron chi connectivity index (χ4n) is 3.25. The minimum atomic E-state index is -0.718. The number of halogens is 1. The lowest BCUT2D eigenvalue weighted by Crippen LogP contribution is -2.46. The molecule has 2 heterocycles. The molecule has 2 aromatic carbocycles. The van der Waals surface area contributed by atoms with Crippen molar-refractivity contribution in [2.45, 2.75) is 12.5 Å². The minimum absolute atomic E-state index is 0.143. The van der Waals surface area contributed by atoms with Crippen LogP contribution in [0.25, 0.3) is 21.4 Å². The van der Waals surface area contributed by atoms with Gasteiger partial charge >= 0.3 is 0 Å². The highest BCUT2D eigenvalue weighted by Crippen LogP contribution is 2.27. The average molecular weight is 439 g/mol. The molecule has 0 saturated heterocycles. The molecule has 0 aliphatic rings. The number of amides is 2. The number of furan rings is 1. The fraction of sp³-hybridized carbons (Fsp3) is 0.130. The Kier molecular flexibility index (Phi) is 5.88. The van der Waals surface area contributed by atoms with Crippen LogP contribution in [0.4, 0.5) is 0 Å². The predicted octanol–water partition coefficient (Wildman–Crippen LogP) is 4.90. The van der Waals surface area contributed by atoms with E-state index in [1.54, 1.807) is 42.6 Å². The monoisotopic (exact) mass is 438 g/mol. The molecule has 0 spiro atoms. The Morgan fingerprint density at radius 1 is 1.07 bits per heavy atom. The normalized spacial score (nSPS) is 11.9. The molecule has 0 saturated carbocycles. The van der Waals surface area contributed by atoms with Gasteiger partial charge in [-0.15, -0.1) is 11.3 Å². The fourth-order valence-corrected chi connectivity index (χ4v) is 4.35. The van der Waals surface area contributed by atoms with Gasteiger partial charge < -0.3 is 15.1 Å². The summed E-state index contributed by atoms with van der Waals surface area (Å²) in [6, 6.07) is 17.8. The van der Waals surface area contributed by atoms with E-state index in [2.05, 4.69) is 10.6 Å². The summed E-state index contributed by atoms with van der Waals surface area (Å²) < 4.78 is 6.85. The summed E-state index contributed by atoms with van der Waals surface area (Å²) in [5, 5.41) is 9.17. The van der Waals surface area contributed by atoms with Crippen molar-refractivity contribution in [3.8, 4) is 11.3 Å². The molecule has 0 radical (unpaired) electrons. The Labute approximate surface area is 182 Å². The van der Waals surface area contributed by atoms with Crippen molar-refractivity contribution < 1.29 is 14.0 Å². The molecule has 1 atom stereocenters. The van der Waals surface area contributed by atoms with Gasteiger partial charge in [0.15, 0.2) is 5.76 Å². The van der Waals surface area contributed by atoms with Gasteiger partial charge in [-0.1, -0.05) is 29.8 Å². The SMILES string of the molecule is CNC(=O)[C@H](Cc1csc2ccccc12)NC(=O)c1ccc(-c2ccc(Cl)cc2)o1. The molecule has 0 unspecified atom stereocenters. The maximum absolute atomic E-state index is 12.8. The maximum Gasteiger partial charge on any atom is 0.287 e. The van der Waals surface area contributed by atoms with Gasteiger partial charge in [0.1, 0.15) is 11.8 Å². The van der Waals surface area contributed by atoms with Crippen LogP contribution < -0.4 is 10.6 Å². The van der Waals surface area contributed by atoms with Crippen molar-refractivity contribution in [2.24, 2.45) is 0 Å². The Morgan fingerprint density at radius 3 is 2.60 bits per heavy atom. The molecule has 2 amide bonds. The molecule has 30 heavy (non-hydrogen) atoms. The standard InChI is InChI=1S/C23H19ClN2O3S/c1-25-22(27)18(12-15-13-30-21-5-3-2-4-17(15)21)26-23(28)20-11-10-19(29-20)14-6-8-16(24)9-7-14/h2-11,13,18H,12H2,1H3,(H,25,27)(H,26,28)/t18-/m0/s1. The molecule has 2 aromatic heterocycles. The molecule has 0 fully saturated rings. The quantitative estimate of drug-likeness (QED) is 0.449. The van der Waals surface area contributed by atoms with Crippen LogP contribution in [0, 0.1) is 0 Å². The summed E-state index contributed by atoms with van der Waals surface area (Å²) in [5.41, 5.74) is 1.83. The van der Waals surface area contributed by atoms with E-state index in [0.29, 0.717) is 17.2 Å². The van der Waals surface area contributed by atoms with Gasteiger partial charge in [0.25, 0.3) is 5.91 Å². The van der Waals surface area contributed by atoms with Gasteiger partial charge in [-0.25, -0.2) is 0 Å². The number of hydrogen-bond acceptors (Lipinski definition) is 4. The number of benzene rings is 2. The number of thiophene rings is 1. The summed E-state index contributed by atoms with van der Waals surface area (Å²) in [7, 11) is 1.55. The van der Waals surface area contributed by atoms with Gasteiger partial charge in [0.2, 0.25) is 5.91 Å². The van der Waals surface area contributed by atoms with Crippen molar-refractivity contribution in [2.75, 3.05) is 7.05 Å². The van der Waals surface area contributed by atoms with Gasteiger partial charge in [-0.05, 0) is 58.8 Å². The summed E-state index contributed by atoms with van der Waals surface area (Å²) in [5.74, 6) is -0.00683. The van der Waals surface area contributed by atoms with Crippen LogP contribution in [0.1, 0.15) is 16.1 Å². The molecule has 7 heteroatoms. The van der Waals surface area contributed by atoms with Crippen LogP contribution in [-0.2, 0) is 11.2 Å². The van der Waals surface area contributed by atoms with Crippen LogP contribution in [0.3, 0.4) is 0 Å². The van der Waals surface area contributed by atoms with E-state index in [1.807, 2.05) is 41.8 Å². The van der Waals surface area contributed by atoms with Crippen molar-refractivity contribution >= 4 is 44.8 Å². The highest BCUT2D eigenvalue weighted by Gasteiger charge is 2.24.